The minimum Gasteiger partial charge on any atom is -0.484 e. The van der Waals surface area contributed by atoms with Crippen molar-refractivity contribution in [1.29, 1.82) is 0 Å². The zero-order valence-electron chi connectivity index (χ0n) is 17.0. The number of aromatic nitrogens is 2. The second kappa shape index (κ2) is 10.5. The molecule has 0 radical (unpaired) electrons. The molecule has 0 bridgehead atoms. The summed E-state index contributed by atoms with van der Waals surface area (Å²) in [5.41, 5.74) is 1.63. The molecule has 0 spiro atoms. The predicted molar refractivity (Wildman–Crippen MR) is 119 cm³/mol. The second-order valence-corrected chi connectivity index (χ2v) is 7.24. The van der Waals surface area contributed by atoms with Crippen LogP contribution in [-0.4, -0.2) is 22.7 Å². The van der Waals surface area contributed by atoms with Crippen LogP contribution < -0.4 is 14.8 Å². The van der Waals surface area contributed by atoms with Crippen molar-refractivity contribution in [3.63, 3.8) is 0 Å². The lowest BCUT2D eigenvalue weighted by Crippen LogP contribution is -2.28. The van der Waals surface area contributed by atoms with Crippen LogP contribution in [0, 0.1) is 0 Å². The summed E-state index contributed by atoms with van der Waals surface area (Å²) in [6.45, 7) is 0.417. The summed E-state index contributed by atoms with van der Waals surface area (Å²) in [7, 11) is 0. The summed E-state index contributed by atoms with van der Waals surface area (Å²) >= 11 is 5.87. The first kappa shape index (κ1) is 21.4. The Morgan fingerprint density at radius 3 is 2.50 bits per heavy atom. The second-order valence-electron chi connectivity index (χ2n) is 6.80. The first-order chi connectivity index (χ1) is 15.7. The third kappa shape index (κ3) is 5.86. The van der Waals surface area contributed by atoms with E-state index in [1.165, 1.54) is 0 Å². The van der Waals surface area contributed by atoms with Gasteiger partial charge in [-0.3, -0.25) is 4.79 Å². The maximum Gasteiger partial charge on any atom is 0.264 e. The predicted octanol–water partition coefficient (Wildman–Crippen LogP) is 4.66. The summed E-state index contributed by atoms with van der Waals surface area (Å²) < 4.78 is 16.6. The molecule has 1 heterocycles. The largest absolute Gasteiger partial charge is 0.484 e. The number of halogens is 1. The van der Waals surface area contributed by atoms with Crippen molar-refractivity contribution >= 4 is 17.5 Å². The SMILES string of the molecule is O=C(COc1ccccc1-c1noc(COc2ccc(Cl)cc2)n1)NCc1ccccc1. The fourth-order valence-electron chi connectivity index (χ4n) is 2.87. The van der Waals surface area contributed by atoms with Gasteiger partial charge in [-0.1, -0.05) is 59.2 Å². The highest BCUT2D eigenvalue weighted by atomic mass is 35.5. The van der Waals surface area contributed by atoms with Gasteiger partial charge in [0.15, 0.2) is 13.2 Å². The topological polar surface area (TPSA) is 86.5 Å². The molecule has 32 heavy (non-hydrogen) atoms. The van der Waals surface area contributed by atoms with Gasteiger partial charge in [0.25, 0.3) is 11.8 Å². The average Bonchev–Trinajstić information content (AvgIpc) is 3.31. The van der Waals surface area contributed by atoms with Crippen LogP contribution in [0.3, 0.4) is 0 Å². The van der Waals surface area contributed by atoms with Crippen LogP contribution in [-0.2, 0) is 17.9 Å². The number of carbonyl (C=O) groups is 1. The van der Waals surface area contributed by atoms with E-state index in [9.17, 15) is 4.79 Å². The molecule has 0 aliphatic carbocycles. The van der Waals surface area contributed by atoms with E-state index in [2.05, 4.69) is 15.5 Å². The van der Waals surface area contributed by atoms with Gasteiger partial charge in [-0.25, -0.2) is 0 Å². The van der Waals surface area contributed by atoms with Crippen molar-refractivity contribution in [2.75, 3.05) is 6.61 Å². The molecule has 3 aromatic carbocycles. The quantitative estimate of drug-likeness (QED) is 0.400. The Labute approximate surface area is 189 Å². The van der Waals surface area contributed by atoms with Gasteiger partial charge in [0.2, 0.25) is 5.82 Å². The van der Waals surface area contributed by atoms with Crippen LogP contribution in [0.1, 0.15) is 11.5 Å². The fourth-order valence-corrected chi connectivity index (χ4v) is 2.99. The number of nitrogens with zero attached hydrogens (tertiary/aromatic N) is 2. The Hall–Kier alpha value is -3.84. The van der Waals surface area contributed by atoms with Crippen molar-refractivity contribution < 1.29 is 18.8 Å². The number of carbonyl (C=O) groups excluding carboxylic acids is 1. The lowest BCUT2D eigenvalue weighted by atomic mass is 10.2. The Morgan fingerprint density at radius 2 is 1.69 bits per heavy atom. The minimum absolute atomic E-state index is 0.111. The number of hydrogen-bond donors (Lipinski definition) is 1. The van der Waals surface area contributed by atoms with E-state index in [1.807, 2.05) is 42.5 Å². The van der Waals surface area contributed by atoms with E-state index in [0.717, 1.165) is 5.56 Å². The van der Waals surface area contributed by atoms with E-state index in [-0.39, 0.29) is 19.1 Å². The van der Waals surface area contributed by atoms with Gasteiger partial charge in [-0.15, -0.1) is 0 Å². The Bertz CT molecular complexity index is 1160. The highest BCUT2D eigenvalue weighted by Gasteiger charge is 2.15. The number of ether oxygens (including phenoxy) is 2. The molecule has 1 aromatic heterocycles. The molecule has 4 aromatic rings. The van der Waals surface area contributed by atoms with Crippen LogP contribution >= 0.6 is 11.6 Å². The standard InChI is InChI=1S/C24H20ClN3O4/c25-18-10-12-19(13-11-18)30-16-23-27-24(28-32-23)20-8-4-5-9-21(20)31-15-22(29)26-14-17-6-2-1-3-7-17/h1-13H,14-16H2,(H,26,29). The van der Waals surface area contributed by atoms with Crippen LogP contribution in [0.4, 0.5) is 0 Å². The van der Waals surface area contributed by atoms with Gasteiger partial charge in [-0.2, -0.15) is 4.98 Å². The van der Waals surface area contributed by atoms with Gasteiger partial charge < -0.3 is 19.3 Å². The van der Waals surface area contributed by atoms with Gasteiger partial charge in [0.05, 0.1) is 5.56 Å². The Kier molecular flexibility index (Phi) is 6.99. The number of amides is 1. The highest BCUT2D eigenvalue weighted by molar-refractivity contribution is 6.30. The zero-order valence-corrected chi connectivity index (χ0v) is 17.8. The van der Waals surface area contributed by atoms with Gasteiger partial charge in [0, 0.05) is 11.6 Å². The van der Waals surface area contributed by atoms with Crippen LogP contribution in [0.5, 0.6) is 11.5 Å². The molecular formula is C24H20ClN3O4. The number of benzene rings is 3. The van der Waals surface area contributed by atoms with E-state index < -0.39 is 0 Å². The third-order valence-corrected chi connectivity index (χ3v) is 4.72. The molecule has 0 aliphatic rings. The molecule has 162 valence electrons. The number of hydrogen-bond acceptors (Lipinski definition) is 6. The molecular weight excluding hydrogens is 430 g/mol. The molecule has 1 N–H and O–H groups in total. The molecule has 4 rings (SSSR count). The first-order valence-corrected chi connectivity index (χ1v) is 10.3. The molecule has 0 saturated heterocycles. The van der Waals surface area contributed by atoms with Gasteiger partial charge in [-0.05, 0) is 42.0 Å². The van der Waals surface area contributed by atoms with Crippen molar-refractivity contribution in [3.8, 4) is 22.9 Å². The molecule has 7 nitrogen and oxygen atoms in total. The van der Waals surface area contributed by atoms with Gasteiger partial charge in [0.1, 0.15) is 11.5 Å². The number of rotatable bonds is 9. The summed E-state index contributed by atoms with van der Waals surface area (Å²) in [6, 6.07) is 23.8. The molecule has 0 saturated carbocycles. The maximum atomic E-state index is 12.2. The van der Waals surface area contributed by atoms with Crippen LogP contribution in [0.2, 0.25) is 5.02 Å². The van der Waals surface area contributed by atoms with E-state index in [0.29, 0.717) is 40.3 Å². The monoisotopic (exact) mass is 449 g/mol. The third-order valence-electron chi connectivity index (χ3n) is 4.46. The van der Waals surface area contributed by atoms with Crippen LogP contribution in [0.25, 0.3) is 11.4 Å². The summed E-state index contributed by atoms with van der Waals surface area (Å²) in [5, 5.41) is 7.47. The van der Waals surface area contributed by atoms with E-state index >= 15 is 0 Å². The van der Waals surface area contributed by atoms with Crippen molar-refractivity contribution in [2.45, 2.75) is 13.2 Å². The zero-order chi connectivity index (χ0) is 22.2. The van der Waals surface area contributed by atoms with Crippen molar-refractivity contribution in [3.05, 3.63) is 95.3 Å². The Balaban J connectivity index is 1.34. The highest BCUT2D eigenvalue weighted by Crippen LogP contribution is 2.27. The molecule has 8 heteroatoms. The van der Waals surface area contributed by atoms with Crippen LogP contribution in [0.15, 0.2) is 83.4 Å². The van der Waals surface area contributed by atoms with Gasteiger partial charge >= 0.3 is 0 Å². The van der Waals surface area contributed by atoms with Crippen molar-refractivity contribution in [2.24, 2.45) is 0 Å². The molecule has 0 aliphatic heterocycles. The Morgan fingerprint density at radius 1 is 0.938 bits per heavy atom. The van der Waals surface area contributed by atoms with Crippen molar-refractivity contribution in [1.82, 2.24) is 15.5 Å². The minimum atomic E-state index is -0.228. The lowest BCUT2D eigenvalue weighted by Gasteiger charge is -2.10. The smallest absolute Gasteiger partial charge is 0.264 e. The molecule has 0 fully saturated rings. The number of nitrogens with one attached hydrogen (secondary N) is 1. The fraction of sp³-hybridized carbons (Fsp3) is 0.125. The van der Waals surface area contributed by atoms with E-state index in [1.54, 1.807) is 36.4 Å². The summed E-state index contributed by atoms with van der Waals surface area (Å²) in [6.07, 6.45) is 0. The van der Waals surface area contributed by atoms with E-state index in [4.69, 9.17) is 25.6 Å². The molecule has 1 amide bonds. The summed E-state index contributed by atoms with van der Waals surface area (Å²) in [5.74, 6) is 1.55. The number of para-hydroxylation sites is 1. The first-order valence-electron chi connectivity index (χ1n) is 9.91. The lowest BCUT2D eigenvalue weighted by molar-refractivity contribution is -0.123. The average molecular weight is 450 g/mol. The molecule has 0 atom stereocenters. The maximum absolute atomic E-state index is 12.2. The molecule has 0 unspecified atom stereocenters. The summed E-state index contributed by atoms with van der Waals surface area (Å²) in [4.78, 5) is 16.5. The normalized spacial score (nSPS) is 10.5.